The van der Waals surface area contributed by atoms with Crippen LogP contribution in [0.3, 0.4) is 0 Å². The van der Waals surface area contributed by atoms with Crippen molar-refractivity contribution in [2.45, 2.75) is 19.8 Å². The number of rotatable bonds is 5. The molecule has 0 aliphatic rings. The van der Waals surface area contributed by atoms with E-state index in [0.29, 0.717) is 11.3 Å². The molecule has 0 saturated heterocycles. The summed E-state index contributed by atoms with van der Waals surface area (Å²) in [5.74, 6) is -0.335. The van der Waals surface area contributed by atoms with Gasteiger partial charge in [0.1, 0.15) is 5.82 Å². The monoisotopic (exact) mass is 323 g/mol. The fraction of sp³-hybridized carbons (Fsp3) is 0.158. The van der Waals surface area contributed by atoms with E-state index in [1.165, 1.54) is 16.8 Å². The van der Waals surface area contributed by atoms with Gasteiger partial charge in [-0.25, -0.2) is 9.07 Å². The molecule has 24 heavy (non-hydrogen) atoms. The first-order valence-corrected chi connectivity index (χ1v) is 7.88. The second-order valence-corrected chi connectivity index (χ2v) is 5.46. The van der Waals surface area contributed by atoms with Crippen molar-refractivity contribution in [3.8, 4) is 5.69 Å². The van der Waals surface area contributed by atoms with Gasteiger partial charge in [-0.2, -0.15) is 0 Å². The highest BCUT2D eigenvalue weighted by atomic mass is 19.1. The average molecular weight is 323 g/mol. The Morgan fingerprint density at radius 3 is 2.50 bits per heavy atom. The number of H-pyrrole nitrogens is 1. The SMILES string of the molecule is CCCc1[nH]n(-c2ccc(F)cc2)c(=O)c1C=Nc1ccccc1. The van der Waals surface area contributed by atoms with Crippen molar-refractivity contribution >= 4 is 11.9 Å². The molecule has 5 heteroatoms. The molecule has 122 valence electrons. The standard InChI is InChI=1S/C19H18FN3O/c1-2-6-18-17(13-21-15-7-4-3-5-8-15)19(24)23(22-18)16-11-9-14(20)10-12-16/h3-5,7-13,22H,2,6H2,1H3. The molecule has 1 N–H and O–H groups in total. The molecular formula is C19H18FN3O. The number of nitrogens with one attached hydrogen (secondary N) is 1. The third-order valence-electron chi connectivity index (χ3n) is 3.69. The van der Waals surface area contributed by atoms with Gasteiger partial charge in [0, 0.05) is 11.9 Å². The highest BCUT2D eigenvalue weighted by Gasteiger charge is 2.13. The molecule has 2 aromatic carbocycles. The van der Waals surface area contributed by atoms with Gasteiger partial charge < -0.3 is 0 Å². The summed E-state index contributed by atoms with van der Waals surface area (Å²) >= 11 is 0. The number of hydrogen-bond donors (Lipinski definition) is 1. The topological polar surface area (TPSA) is 50.1 Å². The molecule has 0 aliphatic carbocycles. The summed E-state index contributed by atoms with van der Waals surface area (Å²) in [7, 11) is 0. The van der Waals surface area contributed by atoms with Gasteiger partial charge in [-0.15, -0.1) is 0 Å². The first-order valence-electron chi connectivity index (χ1n) is 7.88. The molecule has 0 radical (unpaired) electrons. The zero-order chi connectivity index (χ0) is 16.9. The maximum atomic E-state index is 13.1. The van der Waals surface area contributed by atoms with E-state index in [0.717, 1.165) is 24.2 Å². The minimum absolute atomic E-state index is 0.190. The summed E-state index contributed by atoms with van der Waals surface area (Å²) in [6.07, 6.45) is 3.23. The quantitative estimate of drug-likeness (QED) is 0.709. The predicted molar refractivity (Wildman–Crippen MR) is 94.0 cm³/mol. The van der Waals surface area contributed by atoms with Crippen LogP contribution in [0.25, 0.3) is 5.69 Å². The number of aromatic nitrogens is 2. The first kappa shape index (κ1) is 15.9. The molecule has 0 atom stereocenters. The molecule has 4 nitrogen and oxygen atoms in total. The average Bonchev–Trinajstić information content (AvgIpc) is 2.91. The molecule has 0 amide bonds. The van der Waals surface area contributed by atoms with Gasteiger partial charge in [-0.1, -0.05) is 31.5 Å². The molecule has 0 fully saturated rings. The highest BCUT2D eigenvalue weighted by molar-refractivity contribution is 5.83. The lowest BCUT2D eigenvalue weighted by atomic mass is 10.2. The molecule has 1 heterocycles. The largest absolute Gasteiger partial charge is 0.294 e. The molecule has 0 bridgehead atoms. The maximum Gasteiger partial charge on any atom is 0.280 e. The second-order valence-electron chi connectivity index (χ2n) is 5.46. The van der Waals surface area contributed by atoms with Crippen LogP contribution in [0.4, 0.5) is 10.1 Å². The van der Waals surface area contributed by atoms with E-state index in [2.05, 4.69) is 10.1 Å². The van der Waals surface area contributed by atoms with Crippen LogP contribution >= 0.6 is 0 Å². The number of aromatic amines is 1. The third-order valence-corrected chi connectivity index (χ3v) is 3.69. The van der Waals surface area contributed by atoms with Gasteiger partial charge in [0.05, 0.1) is 16.9 Å². The number of halogens is 1. The Labute approximate surface area is 139 Å². The minimum Gasteiger partial charge on any atom is -0.294 e. The second kappa shape index (κ2) is 7.08. The van der Waals surface area contributed by atoms with Crippen molar-refractivity contribution in [2.24, 2.45) is 4.99 Å². The van der Waals surface area contributed by atoms with Gasteiger partial charge in [0.2, 0.25) is 0 Å². The Kier molecular flexibility index (Phi) is 4.70. The molecule has 0 saturated carbocycles. The van der Waals surface area contributed by atoms with Gasteiger partial charge in [0.15, 0.2) is 0 Å². The predicted octanol–water partition coefficient (Wildman–Crippen LogP) is 4.01. The van der Waals surface area contributed by atoms with E-state index < -0.39 is 0 Å². The van der Waals surface area contributed by atoms with Crippen LogP contribution in [-0.4, -0.2) is 16.0 Å². The molecule has 1 aromatic heterocycles. The van der Waals surface area contributed by atoms with Crippen molar-refractivity contribution in [1.29, 1.82) is 0 Å². The van der Waals surface area contributed by atoms with Crippen LogP contribution in [0.5, 0.6) is 0 Å². The third kappa shape index (κ3) is 3.35. The van der Waals surface area contributed by atoms with Crippen molar-refractivity contribution in [3.05, 3.63) is 82.0 Å². The molecule has 3 aromatic rings. The van der Waals surface area contributed by atoms with E-state index in [-0.39, 0.29) is 11.4 Å². The maximum absolute atomic E-state index is 13.1. The lowest BCUT2D eigenvalue weighted by Crippen LogP contribution is -2.17. The summed E-state index contributed by atoms with van der Waals surface area (Å²) in [5.41, 5.74) is 2.55. The zero-order valence-electron chi connectivity index (χ0n) is 13.4. The zero-order valence-corrected chi connectivity index (χ0v) is 13.4. The number of benzene rings is 2. The van der Waals surface area contributed by atoms with Crippen LogP contribution in [0.1, 0.15) is 24.6 Å². The summed E-state index contributed by atoms with van der Waals surface area (Å²) in [5, 5.41) is 3.11. The molecular weight excluding hydrogens is 305 g/mol. The Bertz CT molecular complexity index is 893. The van der Waals surface area contributed by atoms with Crippen LogP contribution < -0.4 is 5.56 Å². The molecule has 0 unspecified atom stereocenters. The summed E-state index contributed by atoms with van der Waals surface area (Å²) in [4.78, 5) is 17.1. The Morgan fingerprint density at radius 2 is 1.83 bits per heavy atom. The van der Waals surface area contributed by atoms with E-state index in [4.69, 9.17) is 0 Å². The normalized spacial score (nSPS) is 11.2. The van der Waals surface area contributed by atoms with Gasteiger partial charge in [-0.05, 0) is 42.8 Å². The number of para-hydroxylation sites is 1. The Hall–Kier alpha value is -2.95. The highest BCUT2D eigenvalue weighted by Crippen LogP contribution is 2.12. The smallest absolute Gasteiger partial charge is 0.280 e. The van der Waals surface area contributed by atoms with Crippen LogP contribution in [-0.2, 0) is 6.42 Å². The molecule has 0 aliphatic heterocycles. The molecule has 0 spiro atoms. The van der Waals surface area contributed by atoms with Crippen LogP contribution in [0.15, 0.2) is 64.4 Å². The summed E-state index contributed by atoms with van der Waals surface area (Å²) < 4.78 is 14.5. The minimum atomic E-state index is -0.335. The summed E-state index contributed by atoms with van der Waals surface area (Å²) in [6.45, 7) is 2.05. The molecule has 3 rings (SSSR count). The number of nitrogens with zero attached hydrogens (tertiary/aromatic N) is 2. The van der Waals surface area contributed by atoms with Gasteiger partial charge in [0.25, 0.3) is 5.56 Å². The van der Waals surface area contributed by atoms with Crippen LogP contribution in [0, 0.1) is 5.82 Å². The fourth-order valence-electron chi connectivity index (χ4n) is 2.49. The number of hydrogen-bond acceptors (Lipinski definition) is 2. The van der Waals surface area contributed by atoms with E-state index >= 15 is 0 Å². The lowest BCUT2D eigenvalue weighted by molar-refractivity contribution is 0.626. The van der Waals surface area contributed by atoms with Crippen LogP contribution in [0.2, 0.25) is 0 Å². The van der Waals surface area contributed by atoms with E-state index in [9.17, 15) is 9.18 Å². The van der Waals surface area contributed by atoms with Crippen molar-refractivity contribution in [1.82, 2.24) is 9.78 Å². The Balaban J connectivity index is 2.03. The van der Waals surface area contributed by atoms with Crippen molar-refractivity contribution in [3.63, 3.8) is 0 Å². The first-order chi connectivity index (χ1) is 11.7. The lowest BCUT2D eigenvalue weighted by Gasteiger charge is -2.01. The van der Waals surface area contributed by atoms with Crippen molar-refractivity contribution < 1.29 is 4.39 Å². The van der Waals surface area contributed by atoms with Gasteiger partial charge >= 0.3 is 0 Å². The van der Waals surface area contributed by atoms with Gasteiger partial charge in [-0.3, -0.25) is 14.9 Å². The van der Waals surface area contributed by atoms with E-state index in [1.807, 2.05) is 37.3 Å². The summed E-state index contributed by atoms with van der Waals surface area (Å²) in [6, 6.07) is 15.3. The fourth-order valence-corrected chi connectivity index (χ4v) is 2.49. The number of aryl methyl sites for hydroxylation is 1. The Morgan fingerprint density at radius 1 is 1.12 bits per heavy atom. The van der Waals surface area contributed by atoms with E-state index in [1.54, 1.807) is 18.3 Å². The number of aliphatic imine (C=N–C) groups is 1. The van der Waals surface area contributed by atoms with Crippen molar-refractivity contribution in [2.75, 3.05) is 0 Å².